The maximum absolute atomic E-state index is 13.2. The molecule has 2 aliphatic carbocycles. The van der Waals surface area contributed by atoms with Crippen molar-refractivity contribution in [2.45, 2.75) is 76.4 Å². The second-order valence-corrected chi connectivity index (χ2v) is 8.44. The third kappa shape index (κ3) is 4.33. The molecule has 0 bridgehead atoms. The maximum Gasteiger partial charge on any atom is 0.274 e. The van der Waals surface area contributed by atoms with E-state index in [4.69, 9.17) is 9.84 Å². The number of nitrogens with zero attached hydrogens (tertiary/aromatic N) is 3. The fraction of sp³-hybridized carbons (Fsp3) is 0.727. The zero-order valence-electron chi connectivity index (χ0n) is 17.0. The molecule has 0 aromatic carbocycles. The molecule has 6 heteroatoms. The van der Waals surface area contributed by atoms with Crippen molar-refractivity contribution in [3.8, 4) is 0 Å². The zero-order chi connectivity index (χ0) is 19.3. The van der Waals surface area contributed by atoms with Gasteiger partial charge in [0.25, 0.3) is 5.91 Å². The van der Waals surface area contributed by atoms with Gasteiger partial charge in [0.1, 0.15) is 0 Å². The monoisotopic (exact) mass is 386 g/mol. The minimum Gasteiger partial charge on any atom is -0.378 e. The molecular weight excluding hydrogens is 352 g/mol. The van der Waals surface area contributed by atoms with Crippen molar-refractivity contribution in [2.75, 3.05) is 26.3 Å². The van der Waals surface area contributed by atoms with E-state index in [1.54, 1.807) is 0 Å². The van der Waals surface area contributed by atoms with E-state index in [-0.39, 0.29) is 5.91 Å². The summed E-state index contributed by atoms with van der Waals surface area (Å²) < 4.78 is 7.41. The fourth-order valence-corrected chi connectivity index (χ4v) is 4.97. The zero-order valence-corrected chi connectivity index (χ0v) is 17.0. The van der Waals surface area contributed by atoms with Crippen LogP contribution in [0.5, 0.6) is 0 Å². The molecule has 0 unspecified atom stereocenters. The molecular formula is C22H34N4O2. The Morgan fingerprint density at radius 2 is 1.89 bits per heavy atom. The van der Waals surface area contributed by atoms with Crippen molar-refractivity contribution < 1.29 is 9.53 Å². The standard InChI is InChI=1S/C22H34N4O2/c1-2-11-26-20-10-9-18(23-17-7-5-3-4-6-8-17)16-19(20)21(24-26)22(27)25-12-14-28-15-13-25/h2,17-18,23H,1,3-16H2/t18-/m0/s1. The molecule has 1 saturated carbocycles. The number of nitrogens with one attached hydrogen (secondary N) is 1. The van der Waals surface area contributed by atoms with Crippen LogP contribution >= 0.6 is 0 Å². The van der Waals surface area contributed by atoms with Crippen molar-refractivity contribution in [1.29, 1.82) is 0 Å². The summed E-state index contributed by atoms with van der Waals surface area (Å²) in [6, 6.07) is 1.09. The molecule has 0 radical (unpaired) electrons. The van der Waals surface area contributed by atoms with E-state index in [2.05, 4.69) is 11.9 Å². The first kappa shape index (κ1) is 19.6. The predicted octanol–water partition coefficient (Wildman–Crippen LogP) is 2.71. The number of carbonyl (C=O) groups excluding carboxylic acids is 1. The van der Waals surface area contributed by atoms with Gasteiger partial charge < -0.3 is 15.0 Å². The molecule has 3 aliphatic rings. The van der Waals surface area contributed by atoms with Crippen molar-refractivity contribution in [3.05, 3.63) is 29.6 Å². The highest BCUT2D eigenvalue weighted by molar-refractivity contribution is 5.94. The van der Waals surface area contributed by atoms with Gasteiger partial charge in [-0.05, 0) is 32.1 Å². The highest BCUT2D eigenvalue weighted by Crippen LogP contribution is 2.28. The van der Waals surface area contributed by atoms with Crippen LogP contribution in [0, 0.1) is 0 Å². The van der Waals surface area contributed by atoms with E-state index in [1.807, 2.05) is 15.7 Å². The van der Waals surface area contributed by atoms with Gasteiger partial charge in [0, 0.05) is 36.4 Å². The topological polar surface area (TPSA) is 59.4 Å². The molecule has 4 rings (SSSR count). The van der Waals surface area contributed by atoms with Gasteiger partial charge in [0.05, 0.1) is 19.8 Å². The van der Waals surface area contributed by atoms with Gasteiger partial charge in [-0.3, -0.25) is 9.48 Å². The van der Waals surface area contributed by atoms with Crippen LogP contribution in [0.25, 0.3) is 0 Å². The molecule has 1 amide bonds. The summed E-state index contributed by atoms with van der Waals surface area (Å²) in [6.07, 6.45) is 12.9. The molecule has 1 saturated heterocycles. The Morgan fingerprint density at radius 3 is 2.61 bits per heavy atom. The van der Waals surface area contributed by atoms with E-state index < -0.39 is 0 Å². The van der Waals surface area contributed by atoms with E-state index in [9.17, 15) is 4.79 Å². The molecule has 1 N–H and O–H groups in total. The largest absolute Gasteiger partial charge is 0.378 e. The summed E-state index contributed by atoms with van der Waals surface area (Å²) in [5.41, 5.74) is 3.05. The van der Waals surface area contributed by atoms with Crippen molar-refractivity contribution >= 4 is 5.91 Å². The Kier molecular flexibility index (Phi) is 6.47. The number of carbonyl (C=O) groups is 1. The Morgan fingerprint density at radius 1 is 1.14 bits per heavy atom. The fourth-order valence-electron chi connectivity index (χ4n) is 4.97. The molecule has 6 nitrogen and oxygen atoms in total. The van der Waals surface area contributed by atoms with E-state index >= 15 is 0 Å². The van der Waals surface area contributed by atoms with Gasteiger partial charge in [-0.15, -0.1) is 6.58 Å². The molecule has 1 aromatic rings. The number of aromatic nitrogens is 2. The Balaban J connectivity index is 1.52. The number of fused-ring (bicyclic) bond motifs is 1. The molecule has 154 valence electrons. The van der Waals surface area contributed by atoms with Crippen LogP contribution in [0.2, 0.25) is 0 Å². The number of rotatable bonds is 5. The number of amides is 1. The average Bonchev–Trinajstić information content (AvgIpc) is 2.89. The first-order valence-electron chi connectivity index (χ1n) is 11.1. The van der Waals surface area contributed by atoms with Gasteiger partial charge in [0.2, 0.25) is 0 Å². The lowest BCUT2D eigenvalue weighted by molar-refractivity contribution is 0.0297. The lowest BCUT2D eigenvalue weighted by Crippen LogP contribution is -2.43. The van der Waals surface area contributed by atoms with Gasteiger partial charge >= 0.3 is 0 Å². The smallest absolute Gasteiger partial charge is 0.274 e. The minimum atomic E-state index is 0.0671. The highest BCUT2D eigenvalue weighted by Gasteiger charge is 2.32. The highest BCUT2D eigenvalue weighted by atomic mass is 16.5. The summed E-state index contributed by atoms with van der Waals surface area (Å²) in [5.74, 6) is 0.0671. The minimum absolute atomic E-state index is 0.0671. The lowest BCUT2D eigenvalue weighted by atomic mass is 9.90. The lowest BCUT2D eigenvalue weighted by Gasteiger charge is -2.30. The molecule has 2 fully saturated rings. The molecule has 0 spiro atoms. The van der Waals surface area contributed by atoms with Crippen LogP contribution < -0.4 is 5.32 Å². The van der Waals surface area contributed by atoms with Crippen molar-refractivity contribution in [3.63, 3.8) is 0 Å². The van der Waals surface area contributed by atoms with E-state index in [0.717, 1.165) is 24.8 Å². The number of morpholine rings is 1. The van der Waals surface area contributed by atoms with Crippen LogP contribution in [0.3, 0.4) is 0 Å². The predicted molar refractivity (Wildman–Crippen MR) is 110 cm³/mol. The van der Waals surface area contributed by atoms with Crippen LogP contribution in [-0.4, -0.2) is 59.0 Å². The summed E-state index contributed by atoms with van der Waals surface area (Å²) in [6.45, 7) is 7.08. The number of ether oxygens (including phenoxy) is 1. The van der Waals surface area contributed by atoms with Crippen LogP contribution in [-0.2, 0) is 24.1 Å². The summed E-state index contributed by atoms with van der Waals surface area (Å²) in [4.78, 5) is 15.1. The Bertz CT molecular complexity index is 685. The molecule has 2 heterocycles. The number of hydrogen-bond donors (Lipinski definition) is 1. The number of allylic oxidation sites excluding steroid dienone is 1. The van der Waals surface area contributed by atoms with Gasteiger partial charge in [-0.2, -0.15) is 5.10 Å². The number of hydrogen-bond acceptors (Lipinski definition) is 4. The third-order valence-electron chi connectivity index (χ3n) is 6.48. The van der Waals surface area contributed by atoms with E-state index in [0.29, 0.717) is 50.6 Å². The summed E-state index contributed by atoms with van der Waals surface area (Å²) in [5, 5.41) is 8.66. The maximum atomic E-state index is 13.2. The third-order valence-corrected chi connectivity index (χ3v) is 6.48. The summed E-state index contributed by atoms with van der Waals surface area (Å²) >= 11 is 0. The van der Waals surface area contributed by atoms with Crippen LogP contribution in [0.15, 0.2) is 12.7 Å². The molecule has 1 aliphatic heterocycles. The molecule has 28 heavy (non-hydrogen) atoms. The molecule has 1 aromatic heterocycles. The van der Waals surface area contributed by atoms with Gasteiger partial charge in [0.15, 0.2) is 5.69 Å². The average molecular weight is 387 g/mol. The Hall–Kier alpha value is -1.66. The molecule has 1 atom stereocenters. The second-order valence-electron chi connectivity index (χ2n) is 8.44. The van der Waals surface area contributed by atoms with Gasteiger partial charge in [-0.1, -0.05) is 31.8 Å². The van der Waals surface area contributed by atoms with Crippen molar-refractivity contribution in [1.82, 2.24) is 20.0 Å². The first-order chi connectivity index (χ1) is 13.8. The van der Waals surface area contributed by atoms with Crippen LogP contribution in [0.4, 0.5) is 0 Å². The van der Waals surface area contributed by atoms with Crippen LogP contribution in [0.1, 0.15) is 66.7 Å². The quantitative estimate of drug-likeness (QED) is 0.624. The van der Waals surface area contributed by atoms with Gasteiger partial charge in [-0.25, -0.2) is 0 Å². The normalized spacial score (nSPS) is 23.9. The van der Waals surface area contributed by atoms with E-state index in [1.165, 1.54) is 44.2 Å². The van der Waals surface area contributed by atoms with Crippen molar-refractivity contribution in [2.24, 2.45) is 0 Å². The first-order valence-corrected chi connectivity index (χ1v) is 11.1. The second kappa shape index (κ2) is 9.23. The SMILES string of the molecule is C=CCn1nc(C(=O)N2CCOCC2)c2c1CC[C@H](NC1CCCCCC1)C2. The summed E-state index contributed by atoms with van der Waals surface area (Å²) in [7, 11) is 0. The Labute approximate surface area is 168 Å².